The molecule has 0 fully saturated rings. The second-order valence-corrected chi connectivity index (χ2v) is 16.6. The van der Waals surface area contributed by atoms with Gasteiger partial charge in [-0.15, -0.1) is 0 Å². The molecule has 0 aromatic carbocycles. The maximum absolute atomic E-state index is 12.8. The van der Waals surface area contributed by atoms with Crippen LogP contribution in [0.25, 0.3) is 0 Å². The molecule has 0 spiro atoms. The largest absolute Gasteiger partial charge is 0.544 e. The first kappa shape index (κ1) is 58.0. The maximum atomic E-state index is 12.8. The highest BCUT2D eigenvalue weighted by Gasteiger charge is 2.25. The Morgan fingerprint density at radius 1 is 0.484 bits per heavy atom. The van der Waals surface area contributed by atoms with Crippen molar-refractivity contribution in [1.29, 1.82) is 0 Å². The summed E-state index contributed by atoms with van der Waals surface area (Å²) in [6.45, 7) is 4.33. The molecular weight excluding hydrogens is 775 g/mol. The number of carbonyl (C=O) groups is 3. The molecule has 0 radical (unpaired) electrons. The van der Waals surface area contributed by atoms with Crippen molar-refractivity contribution < 1.29 is 38.2 Å². The van der Waals surface area contributed by atoms with Gasteiger partial charge in [0.05, 0.1) is 40.3 Å². The van der Waals surface area contributed by atoms with Gasteiger partial charge >= 0.3 is 11.9 Å². The van der Waals surface area contributed by atoms with Crippen molar-refractivity contribution in [3.63, 3.8) is 0 Å². The van der Waals surface area contributed by atoms with Gasteiger partial charge in [0.25, 0.3) is 0 Å². The lowest BCUT2D eigenvalue weighted by atomic mass is 10.1. The van der Waals surface area contributed by atoms with Crippen molar-refractivity contribution in [1.82, 2.24) is 0 Å². The van der Waals surface area contributed by atoms with Crippen molar-refractivity contribution in [2.24, 2.45) is 0 Å². The predicted octanol–water partition coefficient (Wildman–Crippen LogP) is 12.3. The Balaban J connectivity index is 4.40. The van der Waals surface area contributed by atoms with Gasteiger partial charge in [0, 0.05) is 19.3 Å². The van der Waals surface area contributed by atoms with Crippen LogP contribution in [-0.4, -0.2) is 75.5 Å². The zero-order chi connectivity index (χ0) is 45.6. The van der Waals surface area contributed by atoms with Crippen LogP contribution in [0.1, 0.15) is 162 Å². The van der Waals surface area contributed by atoms with E-state index in [4.69, 9.17) is 14.2 Å². The molecule has 0 aliphatic carbocycles. The summed E-state index contributed by atoms with van der Waals surface area (Å²) < 4.78 is 17.1. The van der Waals surface area contributed by atoms with E-state index in [0.29, 0.717) is 12.8 Å². The molecule has 8 heteroatoms. The van der Waals surface area contributed by atoms with E-state index >= 15 is 0 Å². The number of aliphatic carboxylic acids is 1. The van der Waals surface area contributed by atoms with Crippen LogP contribution >= 0.6 is 0 Å². The van der Waals surface area contributed by atoms with Gasteiger partial charge in [0.2, 0.25) is 0 Å². The summed E-state index contributed by atoms with van der Waals surface area (Å²) in [6.07, 6.45) is 59.9. The summed E-state index contributed by atoms with van der Waals surface area (Å²) in [5.74, 6) is -1.86. The number of likely N-dealkylation sites (N-methyl/N-ethyl adjacent to an activating group) is 1. The van der Waals surface area contributed by atoms with Gasteiger partial charge in [-0.1, -0.05) is 168 Å². The van der Waals surface area contributed by atoms with Gasteiger partial charge in [-0.3, -0.25) is 9.59 Å². The van der Waals surface area contributed by atoms with Crippen molar-refractivity contribution >= 4 is 17.9 Å². The molecule has 0 rings (SSSR count). The molecule has 0 saturated carbocycles. The van der Waals surface area contributed by atoms with Crippen molar-refractivity contribution in [2.45, 2.75) is 174 Å². The Hall–Kier alpha value is -4.01. The molecule has 2 atom stereocenters. The third-order valence-corrected chi connectivity index (χ3v) is 9.92. The number of carboxylic acids is 1. The zero-order valence-corrected chi connectivity index (χ0v) is 39.7. The fraction of sp³-hybridized carbons (Fsp3) is 0.611. The summed E-state index contributed by atoms with van der Waals surface area (Å²) in [7, 11) is 5.38. The summed E-state index contributed by atoms with van der Waals surface area (Å²) in [4.78, 5) is 36.9. The van der Waals surface area contributed by atoms with Crippen molar-refractivity contribution in [2.75, 3.05) is 41.0 Å². The fourth-order valence-corrected chi connectivity index (χ4v) is 6.29. The number of carbonyl (C=O) groups excluding carboxylic acids is 3. The average Bonchev–Trinajstić information content (AvgIpc) is 3.23. The minimum absolute atomic E-state index is 0.00808. The second-order valence-electron chi connectivity index (χ2n) is 16.6. The molecule has 0 saturated heterocycles. The first-order valence-electron chi connectivity index (χ1n) is 23.9. The van der Waals surface area contributed by atoms with E-state index in [1.54, 1.807) is 21.1 Å². The minimum Gasteiger partial charge on any atom is -0.544 e. The number of ether oxygens (including phenoxy) is 3. The van der Waals surface area contributed by atoms with Gasteiger partial charge in [-0.25, -0.2) is 0 Å². The molecular formula is C54H87NO7. The first-order valence-corrected chi connectivity index (χ1v) is 23.9. The second kappa shape index (κ2) is 43.6. The molecule has 2 unspecified atom stereocenters. The standard InChI is InChI=1S/C54H87NO7/c1-6-8-10-12-14-16-18-20-22-24-25-26-27-28-29-31-33-35-37-39-41-43-45-53(57)62-50(48-60-47-46-51(54(58)59)55(3,4)5)49-61-52(56)44-42-40-38-36-34-32-30-23-21-19-17-15-13-11-9-7-2/h8-11,14-17,20-23,25-26,32,34,38,40,50-51H,6-7,12-13,18-19,24,27-31,33,35-37,39,41-49H2,1-5H3/b10-8+,11-9+,16-14+,17-15+,22-20+,23-21+,26-25+,34-32+,40-38+. The minimum atomic E-state index is -1.14. The quantitative estimate of drug-likeness (QED) is 0.0261. The number of quaternary nitrogens is 1. The van der Waals surface area contributed by atoms with E-state index in [0.717, 1.165) is 89.9 Å². The van der Waals surface area contributed by atoms with E-state index in [1.807, 2.05) is 12.2 Å². The highest BCUT2D eigenvalue weighted by atomic mass is 16.6. The Morgan fingerprint density at radius 2 is 0.887 bits per heavy atom. The lowest BCUT2D eigenvalue weighted by Gasteiger charge is -2.34. The first-order chi connectivity index (χ1) is 30.1. The molecule has 62 heavy (non-hydrogen) atoms. The van der Waals surface area contributed by atoms with E-state index in [-0.39, 0.29) is 49.1 Å². The van der Waals surface area contributed by atoms with Gasteiger partial charge in [-0.2, -0.15) is 0 Å². The number of esters is 2. The van der Waals surface area contributed by atoms with Crippen LogP contribution in [0.2, 0.25) is 0 Å². The summed E-state index contributed by atoms with van der Waals surface area (Å²) in [6, 6.07) is -0.744. The molecule has 0 aromatic heterocycles. The number of rotatable bonds is 41. The van der Waals surface area contributed by atoms with Crippen molar-refractivity contribution in [3.8, 4) is 0 Å². The summed E-state index contributed by atoms with van der Waals surface area (Å²) in [5, 5.41) is 11.6. The molecule has 0 N–H and O–H groups in total. The van der Waals surface area contributed by atoms with E-state index in [9.17, 15) is 19.5 Å². The summed E-state index contributed by atoms with van der Waals surface area (Å²) >= 11 is 0. The van der Waals surface area contributed by atoms with Gasteiger partial charge in [0.1, 0.15) is 12.6 Å². The van der Waals surface area contributed by atoms with Crippen LogP contribution in [0.15, 0.2) is 109 Å². The topological polar surface area (TPSA) is 102 Å². The predicted molar refractivity (Wildman–Crippen MR) is 258 cm³/mol. The summed E-state index contributed by atoms with van der Waals surface area (Å²) in [5.41, 5.74) is 0. The third kappa shape index (κ3) is 41.3. The fourth-order valence-electron chi connectivity index (χ4n) is 6.29. The van der Waals surface area contributed by atoms with E-state index in [2.05, 4.69) is 111 Å². The van der Waals surface area contributed by atoms with E-state index < -0.39 is 18.1 Å². The number of allylic oxidation sites excluding steroid dienone is 18. The third-order valence-electron chi connectivity index (χ3n) is 9.92. The van der Waals surface area contributed by atoms with Crippen LogP contribution in [0, 0.1) is 0 Å². The smallest absolute Gasteiger partial charge is 0.306 e. The Morgan fingerprint density at radius 3 is 1.32 bits per heavy atom. The van der Waals surface area contributed by atoms with Crippen LogP contribution in [0.5, 0.6) is 0 Å². The van der Waals surface area contributed by atoms with Crippen molar-refractivity contribution in [3.05, 3.63) is 109 Å². The Bertz CT molecular complexity index is 1370. The highest BCUT2D eigenvalue weighted by molar-refractivity contribution is 5.70. The molecule has 8 nitrogen and oxygen atoms in total. The van der Waals surface area contributed by atoms with E-state index in [1.165, 1.54) is 32.1 Å². The van der Waals surface area contributed by atoms with Crippen LogP contribution < -0.4 is 5.11 Å². The molecule has 0 aliphatic heterocycles. The number of hydrogen-bond acceptors (Lipinski definition) is 7. The number of carboxylic acid groups (broad SMARTS) is 1. The van der Waals surface area contributed by atoms with Gasteiger partial charge < -0.3 is 28.6 Å². The number of nitrogens with zero attached hydrogens (tertiary/aromatic N) is 1. The SMILES string of the molecule is CC/C=C/C/C=C/C/C=C/C/C=C/C/C=C/CCC(=O)OCC(COCCC(C(=O)[O-])[N+](C)(C)C)OC(=O)CCCCCCCCCCC/C=C/C/C=C/C/C=C/C/C=C/CC. The zero-order valence-electron chi connectivity index (χ0n) is 39.7. The number of unbranched alkanes of at least 4 members (excludes halogenated alkanes) is 9. The average molecular weight is 862 g/mol. The highest BCUT2D eigenvalue weighted by Crippen LogP contribution is 2.13. The van der Waals surface area contributed by atoms with Gasteiger partial charge in [0.15, 0.2) is 6.10 Å². The van der Waals surface area contributed by atoms with Crippen LogP contribution in [-0.2, 0) is 28.6 Å². The maximum Gasteiger partial charge on any atom is 0.306 e. The Labute approximate surface area is 378 Å². The molecule has 0 heterocycles. The molecule has 0 amide bonds. The molecule has 350 valence electrons. The van der Waals surface area contributed by atoms with Crippen LogP contribution in [0.4, 0.5) is 0 Å². The normalized spacial score (nSPS) is 13.9. The van der Waals surface area contributed by atoms with Crippen LogP contribution in [0.3, 0.4) is 0 Å². The lowest BCUT2D eigenvalue weighted by molar-refractivity contribution is -0.889. The molecule has 0 aromatic rings. The van der Waals surface area contributed by atoms with Gasteiger partial charge in [-0.05, 0) is 83.5 Å². The lowest BCUT2D eigenvalue weighted by Crippen LogP contribution is -2.55. The Kier molecular flexibility index (Phi) is 40.8. The molecule has 0 bridgehead atoms. The molecule has 0 aliphatic rings. The monoisotopic (exact) mass is 862 g/mol. The number of hydrogen-bond donors (Lipinski definition) is 0.